The van der Waals surface area contributed by atoms with Gasteiger partial charge < -0.3 is 10.1 Å². The van der Waals surface area contributed by atoms with Crippen molar-refractivity contribution in [2.45, 2.75) is 53.7 Å². The third-order valence-corrected chi connectivity index (χ3v) is 2.95. The van der Waals surface area contributed by atoms with Crippen LogP contribution in [0.2, 0.25) is 0 Å². The summed E-state index contributed by atoms with van der Waals surface area (Å²) in [6.45, 7) is 12.8. The van der Waals surface area contributed by atoms with E-state index in [2.05, 4.69) is 22.2 Å². The first-order valence-corrected chi connectivity index (χ1v) is 6.76. The summed E-state index contributed by atoms with van der Waals surface area (Å²) in [7, 11) is 0. The van der Waals surface area contributed by atoms with Gasteiger partial charge in [-0.15, -0.1) is 0 Å². The summed E-state index contributed by atoms with van der Waals surface area (Å²) in [5.74, 6) is 0.783. The number of nitrogens with one attached hydrogen (secondary N) is 1. The molecule has 0 saturated carbocycles. The molecule has 0 aliphatic heterocycles. The molecule has 1 aromatic heterocycles. The Balaban J connectivity index is 2.83. The van der Waals surface area contributed by atoms with Crippen molar-refractivity contribution in [2.75, 3.05) is 13.2 Å². The first-order chi connectivity index (χ1) is 8.60. The van der Waals surface area contributed by atoms with Gasteiger partial charge in [-0.1, -0.05) is 6.92 Å². The van der Waals surface area contributed by atoms with Crippen LogP contribution in [0.25, 0.3) is 0 Å². The lowest BCUT2D eigenvalue weighted by Crippen LogP contribution is -2.18. The SMILES string of the molecule is CCCNCc1c(C)nc(C(C)OCC)nc1C. The van der Waals surface area contributed by atoms with E-state index in [9.17, 15) is 0 Å². The molecule has 0 fully saturated rings. The second-order valence-electron chi connectivity index (χ2n) is 4.51. The van der Waals surface area contributed by atoms with Crippen LogP contribution in [0, 0.1) is 13.8 Å². The smallest absolute Gasteiger partial charge is 0.157 e. The molecule has 18 heavy (non-hydrogen) atoms. The number of rotatable bonds is 7. The minimum absolute atomic E-state index is 0.0370. The average Bonchev–Trinajstić information content (AvgIpc) is 2.32. The summed E-state index contributed by atoms with van der Waals surface area (Å²) >= 11 is 0. The van der Waals surface area contributed by atoms with Crippen LogP contribution in [-0.4, -0.2) is 23.1 Å². The number of nitrogens with zero attached hydrogens (tertiary/aromatic N) is 2. The van der Waals surface area contributed by atoms with Gasteiger partial charge in [0.2, 0.25) is 0 Å². The molecule has 0 bridgehead atoms. The second kappa shape index (κ2) is 7.44. The topological polar surface area (TPSA) is 47.0 Å². The van der Waals surface area contributed by atoms with Gasteiger partial charge in [0.25, 0.3) is 0 Å². The summed E-state index contributed by atoms with van der Waals surface area (Å²) in [6, 6.07) is 0. The molecule has 4 heteroatoms. The molecule has 1 rings (SSSR count). The largest absolute Gasteiger partial charge is 0.371 e. The Hall–Kier alpha value is -1.00. The third-order valence-electron chi connectivity index (χ3n) is 2.95. The van der Waals surface area contributed by atoms with Gasteiger partial charge >= 0.3 is 0 Å². The van der Waals surface area contributed by atoms with Crippen molar-refractivity contribution in [1.82, 2.24) is 15.3 Å². The molecule has 1 atom stereocenters. The molecule has 4 nitrogen and oxygen atoms in total. The molecule has 0 aliphatic rings. The fraction of sp³-hybridized carbons (Fsp3) is 0.714. The van der Waals surface area contributed by atoms with Crippen LogP contribution in [0.15, 0.2) is 0 Å². The van der Waals surface area contributed by atoms with Crippen LogP contribution < -0.4 is 5.32 Å². The lowest BCUT2D eigenvalue weighted by Gasteiger charge is -2.15. The van der Waals surface area contributed by atoms with Gasteiger partial charge in [0, 0.05) is 30.1 Å². The zero-order valence-electron chi connectivity index (χ0n) is 12.2. The highest BCUT2D eigenvalue weighted by atomic mass is 16.5. The standard InChI is InChI=1S/C14H25N3O/c1-6-8-15-9-13-10(3)16-14(17-11(13)4)12(5)18-7-2/h12,15H,6-9H2,1-5H3. The van der Waals surface area contributed by atoms with Crippen LogP contribution in [0.5, 0.6) is 0 Å². The minimum Gasteiger partial charge on any atom is -0.371 e. The molecular formula is C14H25N3O. The van der Waals surface area contributed by atoms with E-state index < -0.39 is 0 Å². The van der Waals surface area contributed by atoms with Crippen molar-refractivity contribution in [2.24, 2.45) is 0 Å². The monoisotopic (exact) mass is 251 g/mol. The fourth-order valence-corrected chi connectivity index (χ4v) is 1.92. The Bertz CT molecular complexity index is 356. The van der Waals surface area contributed by atoms with Gasteiger partial charge in [-0.3, -0.25) is 0 Å². The highest BCUT2D eigenvalue weighted by Crippen LogP contribution is 2.16. The lowest BCUT2D eigenvalue weighted by atomic mass is 10.1. The predicted molar refractivity (Wildman–Crippen MR) is 73.5 cm³/mol. The van der Waals surface area contributed by atoms with E-state index in [4.69, 9.17) is 4.74 Å². The van der Waals surface area contributed by atoms with Crippen molar-refractivity contribution >= 4 is 0 Å². The molecular weight excluding hydrogens is 226 g/mol. The third kappa shape index (κ3) is 4.03. The number of hydrogen-bond acceptors (Lipinski definition) is 4. The molecule has 0 spiro atoms. The van der Waals surface area contributed by atoms with E-state index in [1.165, 1.54) is 5.56 Å². The van der Waals surface area contributed by atoms with Crippen LogP contribution in [0.1, 0.15) is 56.1 Å². The Labute approximate surface area is 110 Å². The van der Waals surface area contributed by atoms with Crippen molar-refractivity contribution in [3.63, 3.8) is 0 Å². The van der Waals surface area contributed by atoms with Crippen molar-refractivity contribution in [1.29, 1.82) is 0 Å². The molecule has 1 unspecified atom stereocenters. The zero-order chi connectivity index (χ0) is 13.5. The number of ether oxygens (including phenoxy) is 1. The summed E-state index contributed by atoms with van der Waals surface area (Å²) in [4.78, 5) is 9.11. The zero-order valence-corrected chi connectivity index (χ0v) is 12.2. The maximum Gasteiger partial charge on any atom is 0.157 e. The van der Waals surface area contributed by atoms with Crippen molar-refractivity contribution in [3.05, 3.63) is 22.8 Å². The normalized spacial score (nSPS) is 12.7. The molecule has 0 saturated heterocycles. The lowest BCUT2D eigenvalue weighted by molar-refractivity contribution is 0.0697. The minimum atomic E-state index is -0.0370. The van der Waals surface area contributed by atoms with E-state index in [0.717, 1.165) is 36.7 Å². The van der Waals surface area contributed by atoms with E-state index in [-0.39, 0.29) is 6.10 Å². The van der Waals surface area contributed by atoms with Gasteiger partial charge in [-0.05, 0) is 40.7 Å². The summed E-state index contributed by atoms with van der Waals surface area (Å²) < 4.78 is 5.54. The number of hydrogen-bond donors (Lipinski definition) is 1. The second-order valence-corrected chi connectivity index (χ2v) is 4.51. The Morgan fingerprint density at radius 1 is 1.17 bits per heavy atom. The Kier molecular flexibility index (Phi) is 6.22. The van der Waals surface area contributed by atoms with Gasteiger partial charge in [0.15, 0.2) is 5.82 Å². The quantitative estimate of drug-likeness (QED) is 0.757. The Morgan fingerprint density at radius 2 is 1.78 bits per heavy atom. The van der Waals surface area contributed by atoms with E-state index in [1.807, 2.05) is 27.7 Å². The van der Waals surface area contributed by atoms with Crippen molar-refractivity contribution in [3.8, 4) is 0 Å². The van der Waals surface area contributed by atoms with Crippen LogP contribution in [0.3, 0.4) is 0 Å². The number of aromatic nitrogens is 2. The highest BCUT2D eigenvalue weighted by Gasteiger charge is 2.13. The van der Waals surface area contributed by atoms with Crippen LogP contribution >= 0.6 is 0 Å². The summed E-state index contributed by atoms with van der Waals surface area (Å²) in [5, 5.41) is 3.40. The predicted octanol–water partition coefficient (Wildman–Crippen LogP) is 2.69. The van der Waals surface area contributed by atoms with E-state index >= 15 is 0 Å². The molecule has 1 heterocycles. The van der Waals surface area contributed by atoms with E-state index in [0.29, 0.717) is 6.61 Å². The highest BCUT2D eigenvalue weighted by molar-refractivity contribution is 5.24. The van der Waals surface area contributed by atoms with Crippen LogP contribution in [-0.2, 0) is 11.3 Å². The fourth-order valence-electron chi connectivity index (χ4n) is 1.92. The van der Waals surface area contributed by atoms with E-state index in [1.54, 1.807) is 0 Å². The first-order valence-electron chi connectivity index (χ1n) is 6.76. The molecule has 0 amide bonds. The van der Waals surface area contributed by atoms with Gasteiger partial charge in [-0.2, -0.15) is 0 Å². The Morgan fingerprint density at radius 3 is 2.28 bits per heavy atom. The van der Waals surface area contributed by atoms with Gasteiger partial charge in [0.05, 0.1) is 0 Å². The van der Waals surface area contributed by atoms with Crippen LogP contribution in [0.4, 0.5) is 0 Å². The average molecular weight is 251 g/mol. The maximum atomic E-state index is 5.54. The maximum absolute atomic E-state index is 5.54. The number of aryl methyl sites for hydroxylation is 2. The molecule has 1 N–H and O–H groups in total. The van der Waals surface area contributed by atoms with Crippen molar-refractivity contribution < 1.29 is 4.74 Å². The molecule has 1 aromatic rings. The van der Waals surface area contributed by atoms with Gasteiger partial charge in [0.1, 0.15) is 6.10 Å². The summed E-state index contributed by atoms with van der Waals surface area (Å²) in [6.07, 6.45) is 1.10. The molecule has 0 aromatic carbocycles. The summed E-state index contributed by atoms with van der Waals surface area (Å²) in [5.41, 5.74) is 3.30. The molecule has 0 radical (unpaired) electrons. The molecule has 102 valence electrons. The molecule has 0 aliphatic carbocycles. The first kappa shape index (κ1) is 15.1. The van der Waals surface area contributed by atoms with Gasteiger partial charge in [-0.25, -0.2) is 9.97 Å².